The number of anilines is 1. The number of aromatic nitrogens is 4. The summed E-state index contributed by atoms with van der Waals surface area (Å²) < 4.78 is 2.07. The van der Waals surface area contributed by atoms with E-state index in [9.17, 15) is 0 Å². The quantitative estimate of drug-likeness (QED) is 0.860. The van der Waals surface area contributed by atoms with Crippen LogP contribution in [0.25, 0.3) is 0 Å². The second kappa shape index (κ2) is 5.73. The highest BCUT2D eigenvalue weighted by Gasteiger charge is 2.21. The molecular weight excluding hydrogens is 284 g/mol. The van der Waals surface area contributed by atoms with Gasteiger partial charge in [-0.05, 0) is 20.8 Å². The van der Waals surface area contributed by atoms with E-state index < -0.39 is 0 Å². The lowest BCUT2D eigenvalue weighted by Gasteiger charge is -2.34. The monoisotopic (exact) mass is 306 g/mol. The number of nitrogens with zero attached hydrogens (tertiary/aromatic N) is 6. The van der Waals surface area contributed by atoms with Gasteiger partial charge in [-0.1, -0.05) is 0 Å². The highest BCUT2D eigenvalue weighted by Crippen LogP contribution is 2.26. The molecule has 1 fully saturated rings. The van der Waals surface area contributed by atoms with Crippen molar-refractivity contribution in [1.29, 1.82) is 0 Å². The van der Waals surface area contributed by atoms with Gasteiger partial charge < -0.3 is 9.47 Å². The number of hydrogen-bond donors (Lipinski definition) is 0. The van der Waals surface area contributed by atoms with Crippen molar-refractivity contribution in [2.75, 3.05) is 31.1 Å². The van der Waals surface area contributed by atoms with Gasteiger partial charge in [0, 0.05) is 38.1 Å². The van der Waals surface area contributed by atoms with Crippen molar-refractivity contribution in [1.82, 2.24) is 24.6 Å². The third-order valence-corrected chi connectivity index (χ3v) is 5.34. The second-order valence-electron chi connectivity index (χ2n) is 5.62. The maximum atomic E-state index is 4.66. The molecule has 0 spiro atoms. The second-order valence-corrected chi connectivity index (χ2v) is 6.81. The molecule has 0 aliphatic carbocycles. The standard InChI is InChI=1S/C14H22N6S/c1-10-11(2)21-14(15-10)20-7-5-19(6-8-20)9-13-17-16-12(3)18(13)4/h5-9H2,1-4H3. The Labute approximate surface area is 129 Å². The van der Waals surface area contributed by atoms with Crippen LogP contribution in [0.4, 0.5) is 5.13 Å². The maximum Gasteiger partial charge on any atom is 0.185 e. The molecule has 1 aliphatic rings. The van der Waals surface area contributed by atoms with E-state index in [4.69, 9.17) is 0 Å². The van der Waals surface area contributed by atoms with Crippen molar-refractivity contribution in [3.05, 3.63) is 22.2 Å². The van der Waals surface area contributed by atoms with E-state index in [0.717, 1.165) is 50.1 Å². The molecule has 0 N–H and O–H groups in total. The van der Waals surface area contributed by atoms with Gasteiger partial charge in [-0.3, -0.25) is 4.90 Å². The topological polar surface area (TPSA) is 50.1 Å². The Morgan fingerprint density at radius 1 is 1.05 bits per heavy atom. The molecule has 0 unspecified atom stereocenters. The predicted molar refractivity (Wildman–Crippen MR) is 84.8 cm³/mol. The summed E-state index contributed by atoms with van der Waals surface area (Å²) in [6.07, 6.45) is 0. The van der Waals surface area contributed by atoms with Crippen molar-refractivity contribution in [2.45, 2.75) is 27.3 Å². The van der Waals surface area contributed by atoms with E-state index in [1.807, 2.05) is 14.0 Å². The van der Waals surface area contributed by atoms with Gasteiger partial charge in [0.1, 0.15) is 11.6 Å². The zero-order valence-corrected chi connectivity index (χ0v) is 13.9. The molecule has 21 heavy (non-hydrogen) atoms. The minimum absolute atomic E-state index is 0.876. The largest absolute Gasteiger partial charge is 0.346 e. The minimum Gasteiger partial charge on any atom is -0.346 e. The molecule has 1 aliphatic heterocycles. The number of hydrogen-bond acceptors (Lipinski definition) is 6. The predicted octanol–water partition coefficient (Wildman–Crippen LogP) is 1.52. The number of piperazine rings is 1. The fourth-order valence-corrected chi connectivity index (χ4v) is 3.44. The van der Waals surface area contributed by atoms with E-state index in [0.29, 0.717) is 0 Å². The molecule has 2 aromatic rings. The summed E-state index contributed by atoms with van der Waals surface area (Å²) >= 11 is 1.80. The molecule has 0 aromatic carbocycles. The molecule has 0 amide bonds. The summed E-state index contributed by atoms with van der Waals surface area (Å²) in [5.74, 6) is 2.01. The van der Waals surface area contributed by atoms with Crippen LogP contribution in [-0.4, -0.2) is 50.8 Å². The van der Waals surface area contributed by atoms with Gasteiger partial charge in [-0.25, -0.2) is 4.98 Å². The lowest BCUT2D eigenvalue weighted by molar-refractivity contribution is 0.241. The Hall–Kier alpha value is -1.47. The average Bonchev–Trinajstić information content (AvgIpc) is 2.97. The minimum atomic E-state index is 0.876. The molecular formula is C14H22N6S. The summed E-state index contributed by atoms with van der Waals surface area (Å²) in [6, 6.07) is 0. The molecule has 0 bridgehead atoms. The van der Waals surface area contributed by atoms with Gasteiger partial charge >= 0.3 is 0 Å². The molecule has 3 heterocycles. The van der Waals surface area contributed by atoms with Crippen LogP contribution in [0.2, 0.25) is 0 Å². The SMILES string of the molecule is Cc1nc(N2CCN(Cc3nnc(C)n3C)CC2)sc1C. The maximum absolute atomic E-state index is 4.66. The highest BCUT2D eigenvalue weighted by molar-refractivity contribution is 7.15. The molecule has 114 valence electrons. The van der Waals surface area contributed by atoms with Gasteiger partial charge in [0.15, 0.2) is 5.13 Å². The van der Waals surface area contributed by atoms with Gasteiger partial charge in [-0.2, -0.15) is 0 Å². The summed E-state index contributed by atoms with van der Waals surface area (Å²) in [6.45, 7) is 11.2. The van der Waals surface area contributed by atoms with E-state index in [1.165, 1.54) is 10.0 Å². The molecule has 7 heteroatoms. The fourth-order valence-electron chi connectivity index (χ4n) is 2.48. The van der Waals surface area contributed by atoms with Gasteiger partial charge in [0.25, 0.3) is 0 Å². The molecule has 1 saturated heterocycles. The van der Waals surface area contributed by atoms with Crippen LogP contribution in [0.5, 0.6) is 0 Å². The first-order valence-corrected chi connectivity index (χ1v) is 8.12. The fraction of sp³-hybridized carbons (Fsp3) is 0.643. The van der Waals surface area contributed by atoms with Crippen LogP contribution in [0.1, 0.15) is 22.2 Å². The molecule has 6 nitrogen and oxygen atoms in total. The summed E-state index contributed by atoms with van der Waals surface area (Å²) in [7, 11) is 2.03. The van der Waals surface area contributed by atoms with Crippen molar-refractivity contribution in [2.24, 2.45) is 7.05 Å². The average molecular weight is 306 g/mol. The van der Waals surface area contributed by atoms with Gasteiger partial charge in [0.05, 0.1) is 12.2 Å². The number of thiazole rings is 1. The van der Waals surface area contributed by atoms with Crippen molar-refractivity contribution < 1.29 is 0 Å². The normalized spacial score (nSPS) is 16.7. The van der Waals surface area contributed by atoms with Crippen molar-refractivity contribution in [3.8, 4) is 0 Å². The van der Waals surface area contributed by atoms with Crippen LogP contribution < -0.4 is 4.90 Å². The Morgan fingerprint density at radius 3 is 2.29 bits per heavy atom. The Morgan fingerprint density at radius 2 is 1.76 bits per heavy atom. The van der Waals surface area contributed by atoms with E-state index in [-0.39, 0.29) is 0 Å². The van der Waals surface area contributed by atoms with E-state index in [1.54, 1.807) is 11.3 Å². The van der Waals surface area contributed by atoms with Crippen LogP contribution in [0.3, 0.4) is 0 Å². The highest BCUT2D eigenvalue weighted by atomic mass is 32.1. The Balaban J connectivity index is 1.59. The van der Waals surface area contributed by atoms with Crippen LogP contribution in [0, 0.1) is 20.8 Å². The lowest BCUT2D eigenvalue weighted by Crippen LogP contribution is -2.46. The van der Waals surface area contributed by atoms with E-state index in [2.05, 4.69) is 43.4 Å². The van der Waals surface area contributed by atoms with E-state index >= 15 is 0 Å². The molecule has 0 radical (unpaired) electrons. The lowest BCUT2D eigenvalue weighted by atomic mass is 10.3. The summed E-state index contributed by atoms with van der Waals surface area (Å²) in [4.78, 5) is 10.8. The first-order chi connectivity index (χ1) is 10.0. The zero-order chi connectivity index (χ0) is 15.0. The zero-order valence-electron chi connectivity index (χ0n) is 13.1. The third kappa shape index (κ3) is 2.94. The molecule has 2 aromatic heterocycles. The van der Waals surface area contributed by atoms with Crippen LogP contribution in [0.15, 0.2) is 0 Å². The molecule has 0 atom stereocenters. The first kappa shape index (κ1) is 14.5. The number of rotatable bonds is 3. The van der Waals surface area contributed by atoms with Gasteiger partial charge in [-0.15, -0.1) is 21.5 Å². The summed E-state index contributed by atoms with van der Waals surface area (Å²) in [5, 5.41) is 9.54. The number of aryl methyl sites for hydroxylation is 3. The third-order valence-electron chi connectivity index (χ3n) is 4.21. The first-order valence-electron chi connectivity index (χ1n) is 7.31. The van der Waals surface area contributed by atoms with Crippen molar-refractivity contribution in [3.63, 3.8) is 0 Å². The van der Waals surface area contributed by atoms with Crippen molar-refractivity contribution >= 4 is 16.5 Å². The smallest absolute Gasteiger partial charge is 0.185 e. The Bertz CT molecular complexity index is 604. The van der Waals surface area contributed by atoms with Crippen LogP contribution >= 0.6 is 11.3 Å². The molecule has 0 saturated carbocycles. The molecule has 3 rings (SSSR count). The summed E-state index contributed by atoms with van der Waals surface area (Å²) in [5.41, 5.74) is 1.16. The van der Waals surface area contributed by atoms with Crippen LogP contribution in [-0.2, 0) is 13.6 Å². The van der Waals surface area contributed by atoms with Gasteiger partial charge in [0.2, 0.25) is 0 Å². The Kier molecular flexibility index (Phi) is 3.95.